The molecular weight excluding hydrogens is 295 g/mol. The standard InChI is InChI=1S/C14H16BrFN2/c1-3-18-5-4-11(9-18)8-17-14-7-13(16)12(15)6-10(14)2/h4-7,9,17H,3,8H2,1-2H3. The van der Waals surface area contributed by atoms with E-state index in [2.05, 4.69) is 45.0 Å². The molecule has 0 saturated heterocycles. The maximum atomic E-state index is 13.5. The maximum Gasteiger partial charge on any atom is 0.139 e. The van der Waals surface area contributed by atoms with E-state index in [-0.39, 0.29) is 5.82 Å². The molecule has 2 rings (SSSR count). The van der Waals surface area contributed by atoms with Gasteiger partial charge in [-0.05, 0) is 59.1 Å². The quantitative estimate of drug-likeness (QED) is 0.889. The van der Waals surface area contributed by atoms with Crippen LogP contribution in [0.1, 0.15) is 18.1 Å². The first-order chi connectivity index (χ1) is 8.60. The summed E-state index contributed by atoms with van der Waals surface area (Å²) in [7, 11) is 0. The highest BCUT2D eigenvalue weighted by Gasteiger charge is 2.05. The Morgan fingerprint density at radius 1 is 1.39 bits per heavy atom. The van der Waals surface area contributed by atoms with Gasteiger partial charge in [0.2, 0.25) is 0 Å². The lowest BCUT2D eigenvalue weighted by Crippen LogP contribution is -2.01. The third-order valence-corrected chi connectivity index (χ3v) is 3.53. The third-order valence-electron chi connectivity index (χ3n) is 2.93. The fourth-order valence-electron chi connectivity index (χ4n) is 1.83. The first-order valence-corrected chi connectivity index (χ1v) is 6.73. The number of nitrogens with one attached hydrogen (secondary N) is 1. The summed E-state index contributed by atoms with van der Waals surface area (Å²) in [5.41, 5.74) is 3.05. The zero-order valence-corrected chi connectivity index (χ0v) is 12.1. The predicted molar refractivity (Wildman–Crippen MR) is 76.3 cm³/mol. The molecule has 1 aromatic heterocycles. The van der Waals surface area contributed by atoms with E-state index in [1.54, 1.807) is 6.07 Å². The monoisotopic (exact) mass is 310 g/mol. The number of nitrogens with zero attached hydrogens (tertiary/aromatic N) is 1. The molecule has 0 unspecified atom stereocenters. The second kappa shape index (κ2) is 5.57. The lowest BCUT2D eigenvalue weighted by Gasteiger charge is -2.09. The second-order valence-corrected chi connectivity index (χ2v) is 5.14. The lowest BCUT2D eigenvalue weighted by molar-refractivity contribution is 0.621. The van der Waals surface area contributed by atoms with Crippen LogP contribution in [0.5, 0.6) is 0 Å². The summed E-state index contributed by atoms with van der Waals surface area (Å²) in [6, 6.07) is 5.38. The molecule has 0 radical (unpaired) electrons. The molecule has 0 aliphatic carbocycles. The summed E-state index contributed by atoms with van der Waals surface area (Å²) in [6.07, 6.45) is 4.14. The molecule has 18 heavy (non-hydrogen) atoms. The fraction of sp³-hybridized carbons (Fsp3) is 0.286. The van der Waals surface area contributed by atoms with Gasteiger partial charge in [0.1, 0.15) is 5.82 Å². The van der Waals surface area contributed by atoms with E-state index in [0.717, 1.165) is 17.8 Å². The molecule has 0 aliphatic heterocycles. The van der Waals surface area contributed by atoms with Crippen LogP contribution >= 0.6 is 15.9 Å². The van der Waals surface area contributed by atoms with Gasteiger partial charge in [-0.2, -0.15) is 0 Å². The molecule has 0 amide bonds. The van der Waals surface area contributed by atoms with E-state index in [1.807, 2.05) is 13.1 Å². The van der Waals surface area contributed by atoms with Gasteiger partial charge in [-0.1, -0.05) is 0 Å². The van der Waals surface area contributed by atoms with Gasteiger partial charge < -0.3 is 9.88 Å². The molecule has 0 aliphatic rings. The number of hydrogen-bond acceptors (Lipinski definition) is 1. The minimum absolute atomic E-state index is 0.241. The van der Waals surface area contributed by atoms with Crippen LogP contribution in [0.15, 0.2) is 35.1 Å². The highest BCUT2D eigenvalue weighted by Crippen LogP contribution is 2.24. The number of aryl methyl sites for hydroxylation is 2. The Labute approximate surface area is 115 Å². The number of benzene rings is 1. The number of halogens is 2. The highest BCUT2D eigenvalue weighted by molar-refractivity contribution is 9.10. The molecule has 1 aromatic carbocycles. The first kappa shape index (κ1) is 13.1. The highest BCUT2D eigenvalue weighted by atomic mass is 79.9. The molecule has 1 N–H and O–H groups in total. The Balaban J connectivity index is 2.08. The van der Waals surface area contributed by atoms with Crippen molar-refractivity contribution >= 4 is 21.6 Å². The van der Waals surface area contributed by atoms with Crippen molar-refractivity contribution in [2.24, 2.45) is 0 Å². The van der Waals surface area contributed by atoms with Crippen LogP contribution in [0, 0.1) is 12.7 Å². The van der Waals surface area contributed by atoms with Crippen molar-refractivity contribution < 1.29 is 4.39 Å². The summed E-state index contributed by atoms with van der Waals surface area (Å²) >= 11 is 3.18. The Bertz CT molecular complexity index is 549. The molecule has 0 saturated carbocycles. The summed E-state index contributed by atoms with van der Waals surface area (Å²) < 4.78 is 16.1. The first-order valence-electron chi connectivity index (χ1n) is 5.94. The van der Waals surface area contributed by atoms with Gasteiger partial charge in [0, 0.05) is 31.2 Å². The molecule has 0 fully saturated rings. The van der Waals surface area contributed by atoms with Crippen molar-refractivity contribution in [2.75, 3.05) is 5.32 Å². The van der Waals surface area contributed by atoms with Crippen LogP contribution in [-0.2, 0) is 13.1 Å². The normalized spacial score (nSPS) is 10.7. The van der Waals surface area contributed by atoms with Gasteiger partial charge in [0.25, 0.3) is 0 Å². The zero-order chi connectivity index (χ0) is 13.1. The Morgan fingerprint density at radius 3 is 2.83 bits per heavy atom. The van der Waals surface area contributed by atoms with E-state index in [9.17, 15) is 4.39 Å². The van der Waals surface area contributed by atoms with Crippen LogP contribution in [-0.4, -0.2) is 4.57 Å². The maximum absolute atomic E-state index is 13.5. The molecule has 1 heterocycles. The van der Waals surface area contributed by atoms with E-state index in [1.165, 1.54) is 11.6 Å². The van der Waals surface area contributed by atoms with Gasteiger partial charge in [-0.25, -0.2) is 4.39 Å². The van der Waals surface area contributed by atoms with Gasteiger partial charge >= 0.3 is 0 Å². The van der Waals surface area contributed by atoms with Crippen molar-refractivity contribution in [3.8, 4) is 0 Å². The van der Waals surface area contributed by atoms with E-state index < -0.39 is 0 Å². The third kappa shape index (κ3) is 2.93. The average Bonchev–Trinajstić information content (AvgIpc) is 2.80. The number of rotatable bonds is 4. The molecule has 2 nitrogen and oxygen atoms in total. The molecule has 0 spiro atoms. The SMILES string of the molecule is CCn1ccc(CNc2cc(F)c(Br)cc2C)c1. The van der Waals surface area contributed by atoms with Gasteiger partial charge in [0.05, 0.1) is 4.47 Å². The number of aromatic nitrogens is 1. The largest absolute Gasteiger partial charge is 0.381 e. The predicted octanol–water partition coefficient (Wildman–Crippen LogP) is 4.33. The lowest BCUT2D eigenvalue weighted by atomic mass is 10.2. The summed E-state index contributed by atoms with van der Waals surface area (Å²) in [4.78, 5) is 0. The Hall–Kier alpha value is -1.29. The minimum atomic E-state index is -0.241. The van der Waals surface area contributed by atoms with Crippen molar-refractivity contribution in [1.29, 1.82) is 0 Å². The van der Waals surface area contributed by atoms with Crippen LogP contribution < -0.4 is 5.32 Å². The van der Waals surface area contributed by atoms with Crippen LogP contribution in [0.2, 0.25) is 0 Å². The molecule has 4 heteroatoms. The molecule has 2 aromatic rings. The zero-order valence-electron chi connectivity index (χ0n) is 10.5. The summed E-state index contributed by atoms with van der Waals surface area (Å²) in [5, 5.41) is 3.26. The Kier molecular flexibility index (Phi) is 4.07. The van der Waals surface area contributed by atoms with Crippen molar-refractivity contribution in [3.63, 3.8) is 0 Å². The van der Waals surface area contributed by atoms with E-state index in [4.69, 9.17) is 0 Å². The van der Waals surface area contributed by atoms with Crippen molar-refractivity contribution in [2.45, 2.75) is 26.9 Å². The van der Waals surface area contributed by atoms with Gasteiger partial charge in [-0.15, -0.1) is 0 Å². The van der Waals surface area contributed by atoms with Crippen LogP contribution in [0.4, 0.5) is 10.1 Å². The van der Waals surface area contributed by atoms with E-state index >= 15 is 0 Å². The molecular formula is C14H16BrFN2. The number of anilines is 1. The fourth-order valence-corrected chi connectivity index (χ4v) is 2.28. The van der Waals surface area contributed by atoms with Crippen molar-refractivity contribution in [1.82, 2.24) is 4.57 Å². The minimum Gasteiger partial charge on any atom is -0.381 e. The van der Waals surface area contributed by atoms with Gasteiger partial charge in [0.15, 0.2) is 0 Å². The van der Waals surface area contributed by atoms with Crippen LogP contribution in [0.25, 0.3) is 0 Å². The average molecular weight is 311 g/mol. The topological polar surface area (TPSA) is 17.0 Å². The Morgan fingerprint density at radius 2 is 2.17 bits per heavy atom. The van der Waals surface area contributed by atoms with Crippen molar-refractivity contribution in [3.05, 3.63) is 52.0 Å². The summed E-state index contributed by atoms with van der Waals surface area (Å²) in [6.45, 7) is 5.73. The number of hydrogen-bond donors (Lipinski definition) is 1. The second-order valence-electron chi connectivity index (χ2n) is 4.28. The van der Waals surface area contributed by atoms with E-state index in [0.29, 0.717) is 11.0 Å². The van der Waals surface area contributed by atoms with Crippen LogP contribution in [0.3, 0.4) is 0 Å². The smallest absolute Gasteiger partial charge is 0.139 e. The molecule has 0 atom stereocenters. The molecule has 0 bridgehead atoms. The molecule has 96 valence electrons. The summed E-state index contributed by atoms with van der Waals surface area (Å²) in [5.74, 6) is -0.241. The van der Waals surface area contributed by atoms with Gasteiger partial charge in [-0.3, -0.25) is 0 Å².